The lowest BCUT2D eigenvalue weighted by atomic mass is 10.0. The fourth-order valence-corrected chi connectivity index (χ4v) is 1.87. The summed E-state index contributed by atoms with van der Waals surface area (Å²) < 4.78 is 23.7. The van der Waals surface area contributed by atoms with E-state index >= 15 is 0 Å². The van der Waals surface area contributed by atoms with Crippen molar-refractivity contribution in [2.75, 3.05) is 12.0 Å². The third-order valence-electron chi connectivity index (χ3n) is 2.28. The van der Waals surface area contributed by atoms with Crippen LogP contribution in [0.5, 0.6) is 0 Å². The molecular formula is C11H17NO3S. The molecule has 0 aliphatic carbocycles. The van der Waals surface area contributed by atoms with Gasteiger partial charge in [-0.1, -0.05) is 13.8 Å². The molecule has 0 amide bonds. The van der Waals surface area contributed by atoms with Crippen LogP contribution >= 0.6 is 0 Å². The molecule has 0 spiro atoms. The second kappa shape index (κ2) is 4.82. The summed E-state index contributed by atoms with van der Waals surface area (Å²) in [4.78, 5) is 11.6. The first-order chi connectivity index (χ1) is 7.29. The molecule has 5 heteroatoms. The molecule has 4 nitrogen and oxygen atoms in total. The van der Waals surface area contributed by atoms with Crippen LogP contribution in [0, 0.1) is 5.92 Å². The third-order valence-corrected chi connectivity index (χ3v) is 3.20. The van der Waals surface area contributed by atoms with Crippen LogP contribution in [0.2, 0.25) is 0 Å². The highest BCUT2D eigenvalue weighted by Crippen LogP contribution is 2.09. The van der Waals surface area contributed by atoms with Crippen molar-refractivity contribution in [1.82, 2.24) is 4.57 Å². The molecule has 0 saturated carbocycles. The molecule has 90 valence electrons. The van der Waals surface area contributed by atoms with Gasteiger partial charge in [-0.05, 0) is 6.07 Å². The van der Waals surface area contributed by atoms with Gasteiger partial charge in [-0.15, -0.1) is 0 Å². The summed E-state index contributed by atoms with van der Waals surface area (Å²) in [5, 5.41) is 0. The van der Waals surface area contributed by atoms with Crippen LogP contribution in [0.4, 0.5) is 0 Å². The van der Waals surface area contributed by atoms with E-state index < -0.39 is 9.84 Å². The number of Topliss-reactive ketones (excluding diaryl/α,β-unsaturated/α-hetero) is 1. The predicted octanol–water partition coefficient (Wildman–Crippen LogP) is 1.37. The molecule has 0 atom stereocenters. The van der Waals surface area contributed by atoms with Gasteiger partial charge in [-0.2, -0.15) is 0 Å². The first-order valence-electron chi connectivity index (χ1n) is 5.17. The summed E-state index contributed by atoms with van der Waals surface area (Å²) in [6.45, 7) is 4.08. The molecule has 16 heavy (non-hydrogen) atoms. The van der Waals surface area contributed by atoms with E-state index in [1.54, 1.807) is 23.0 Å². The van der Waals surface area contributed by atoms with Crippen LogP contribution in [-0.2, 0) is 16.4 Å². The van der Waals surface area contributed by atoms with Crippen molar-refractivity contribution < 1.29 is 13.2 Å². The summed E-state index contributed by atoms with van der Waals surface area (Å²) in [6, 6.07) is 1.73. The SMILES string of the molecule is CC(C)C(=O)c1ccn(CCS(C)(=O)=O)c1. The van der Waals surface area contributed by atoms with Gasteiger partial charge >= 0.3 is 0 Å². The molecule has 0 unspecified atom stereocenters. The quantitative estimate of drug-likeness (QED) is 0.734. The minimum atomic E-state index is -2.96. The number of aromatic nitrogens is 1. The van der Waals surface area contributed by atoms with Crippen LogP contribution in [0.15, 0.2) is 18.5 Å². The van der Waals surface area contributed by atoms with Gasteiger partial charge < -0.3 is 4.57 Å². The lowest BCUT2D eigenvalue weighted by molar-refractivity contribution is 0.0939. The van der Waals surface area contributed by atoms with Crippen molar-refractivity contribution in [3.8, 4) is 0 Å². The highest BCUT2D eigenvalue weighted by molar-refractivity contribution is 7.90. The van der Waals surface area contributed by atoms with E-state index in [0.717, 1.165) is 0 Å². The molecule has 0 N–H and O–H groups in total. The van der Waals surface area contributed by atoms with Crippen molar-refractivity contribution in [3.05, 3.63) is 24.0 Å². The number of ketones is 1. The van der Waals surface area contributed by atoms with Crippen LogP contribution in [0.3, 0.4) is 0 Å². The number of sulfone groups is 1. The maximum Gasteiger partial charge on any atom is 0.166 e. The average Bonchev–Trinajstić information content (AvgIpc) is 2.60. The number of hydrogen-bond donors (Lipinski definition) is 0. The standard InChI is InChI=1S/C11H17NO3S/c1-9(2)11(13)10-4-5-12(8-10)6-7-16(3,14)15/h4-5,8-9H,6-7H2,1-3H3. The van der Waals surface area contributed by atoms with Gasteiger partial charge in [-0.25, -0.2) is 8.42 Å². The van der Waals surface area contributed by atoms with Gasteiger partial charge in [0, 0.05) is 36.7 Å². The van der Waals surface area contributed by atoms with E-state index in [0.29, 0.717) is 12.1 Å². The maximum absolute atomic E-state index is 11.6. The van der Waals surface area contributed by atoms with E-state index in [2.05, 4.69) is 0 Å². The molecule has 0 saturated heterocycles. The number of hydrogen-bond acceptors (Lipinski definition) is 3. The molecule has 1 aromatic rings. The minimum Gasteiger partial charge on any atom is -0.352 e. The van der Waals surface area contributed by atoms with Crippen molar-refractivity contribution in [3.63, 3.8) is 0 Å². The number of rotatable bonds is 5. The van der Waals surface area contributed by atoms with E-state index in [-0.39, 0.29) is 17.5 Å². The van der Waals surface area contributed by atoms with Crippen molar-refractivity contribution in [2.45, 2.75) is 20.4 Å². The highest BCUT2D eigenvalue weighted by Gasteiger charge is 2.11. The number of aryl methyl sites for hydroxylation is 1. The summed E-state index contributed by atoms with van der Waals surface area (Å²) in [5.74, 6) is 0.139. The molecule has 0 radical (unpaired) electrons. The Hall–Kier alpha value is -1.10. The van der Waals surface area contributed by atoms with Gasteiger partial charge in [0.1, 0.15) is 9.84 Å². The highest BCUT2D eigenvalue weighted by atomic mass is 32.2. The van der Waals surface area contributed by atoms with Gasteiger partial charge in [0.05, 0.1) is 5.75 Å². The van der Waals surface area contributed by atoms with Crippen LogP contribution in [-0.4, -0.2) is 30.8 Å². The fraction of sp³-hybridized carbons (Fsp3) is 0.545. The molecule has 0 fully saturated rings. The first-order valence-corrected chi connectivity index (χ1v) is 7.23. The van der Waals surface area contributed by atoms with Gasteiger partial charge in [0.25, 0.3) is 0 Å². The minimum absolute atomic E-state index is 0.0363. The molecule has 1 aromatic heterocycles. The first kappa shape index (κ1) is 13.0. The van der Waals surface area contributed by atoms with Gasteiger partial charge in [-0.3, -0.25) is 4.79 Å². The predicted molar refractivity (Wildman–Crippen MR) is 63.3 cm³/mol. The summed E-state index contributed by atoms with van der Waals surface area (Å²) >= 11 is 0. The molecule has 0 aliphatic heterocycles. The van der Waals surface area contributed by atoms with Crippen molar-refractivity contribution in [1.29, 1.82) is 0 Å². The Morgan fingerprint density at radius 1 is 1.44 bits per heavy atom. The number of carbonyl (C=O) groups excluding carboxylic acids is 1. The Bertz CT molecular complexity index is 471. The Balaban J connectivity index is 2.69. The molecule has 0 bridgehead atoms. The number of nitrogens with zero attached hydrogens (tertiary/aromatic N) is 1. The lowest BCUT2D eigenvalue weighted by Gasteiger charge is -2.02. The zero-order chi connectivity index (χ0) is 12.3. The lowest BCUT2D eigenvalue weighted by Crippen LogP contribution is -2.10. The van der Waals surface area contributed by atoms with Gasteiger partial charge in [0.2, 0.25) is 0 Å². The zero-order valence-corrected chi connectivity index (χ0v) is 10.6. The monoisotopic (exact) mass is 243 g/mol. The summed E-state index contributed by atoms with van der Waals surface area (Å²) in [7, 11) is -2.96. The Morgan fingerprint density at radius 2 is 2.06 bits per heavy atom. The second-order valence-corrected chi connectivity index (χ2v) is 6.55. The molecule has 0 aliphatic rings. The average molecular weight is 243 g/mol. The van der Waals surface area contributed by atoms with Gasteiger partial charge in [0.15, 0.2) is 5.78 Å². The van der Waals surface area contributed by atoms with Crippen LogP contribution in [0.1, 0.15) is 24.2 Å². The summed E-state index contributed by atoms with van der Waals surface area (Å²) in [5.41, 5.74) is 0.642. The van der Waals surface area contributed by atoms with Crippen LogP contribution in [0.25, 0.3) is 0 Å². The van der Waals surface area contributed by atoms with E-state index in [1.165, 1.54) is 6.26 Å². The zero-order valence-electron chi connectivity index (χ0n) is 9.80. The summed E-state index contributed by atoms with van der Waals surface area (Å²) in [6.07, 6.45) is 4.64. The molecule has 1 heterocycles. The van der Waals surface area contributed by atoms with E-state index in [1.807, 2.05) is 13.8 Å². The number of carbonyl (C=O) groups is 1. The topological polar surface area (TPSA) is 56.1 Å². The normalized spacial score (nSPS) is 12.0. The third kappa shape index (κ3) is 3.81. The Kier molecular flexibility index (Phi) is 3.91. The molecule has 0 aromatic carbocycles. The Morgan fingerprint density at radius 3 is 2.56 bits per heavy atom. The van der Waals surface area contributed by atoms with E-state index in [4.69, 9.17) is 0 Å². The maximum atomic E-state index is 11.6. The molecular weight excluding hydrogens is 226 g/mol. The fourth-order valence-electron chi connectivity index (χ4n) is 1.33. The van der Waals surface area contributed by atoms with Crippen molar-refractivity contribution in [2.24, 2.45) is 5.92 Å². The second-order valence-electron chi connectivity index (χ2n) is 4.29. The van der Waals surface area contributed by atoms with Crippen LogP contribution < -0.4 is 0 Å². The van der Waals surface area contributed by atoms with E-state index in [9.17, 15) is 13.2 Å². The molecule has 1 rings (SSSR count). The largest absolute Gasteiger partial charge is 0.352 e. The smallest absolute Gasteiger partial charge is 0.166 e. The Labute approximate surface area is 96.2 Å². The van der Waals surface area contributed by atoms with Crippen molar-refractivity contribution >= 4 is 15.6 Å².